The third-order valence-corrected chi connectivity index (χ3v) is 7.84. The Morgan fingerprint density at radius 3 is 2.53 bits per heavy atom. The van der Waals surface area contributed by atoms with Crippen LogP contribution in [-0.4, -0.2) is 33.6 Å². The quantitative estimate of drug-likeness (QED) is 0.411. The lowest BCUT2D eigenvalue weighted by atomic mass is 10.1. The second-order valence-electron chi connectivity index (χ2n) is 9.29. The van der Waals surface area contributed by atoms with E-state index in [1.54, 1.807) is 24.3 Å². The maximum Gasteiger partial charge on any atom is 0.245 e. The third kappa shape index (κ3) is 4.35. The Morgan fingerprint density at radius 2 is 1.82 bits per heavy atom. The molecule has 34 heavy (non-hydrogen) atoms. The fourth-order valence-electron chi connectivity index (χ4n) is 4.40. The molecule has 4 aromatic rings. The molecule has 2 aromatic heterocycles. The van der Waals surface area contributed by atoms with Gasteiger partial charge in [0.25, 0.3) is 0 Å². The Bertz CT molecular complexity index is 1400. The van der Waals surface area contributed by atoms with Crippen molar-refractivity contribution in [1.29, 1.82) is 0 Å². The summed E-state index contributed by atoms with van der Waals surface area (Å²) >= 11 is 0. The van der Waals surface area contributed by atoms with Crippen molar-refractivity contribution >= 4 is 21.1 Å². The molecule has 1 aliphatic rings. The number of benzene rings is 2. The summed E-state index contributed by atoms with van der Waals surface area (Å²) in [5.41, 5.74) is 3.49. The van der Waals surface area contributed by atoms with Gasteiger partial charge < -0.3 is 4.52 Å². The van der Waals surface area contributed by atoms with E-state index in [4.69, 9.17) is 4.52 Å². The highest BCUT2D eigenvalue weighted by atomic mass is 32.2. The summed E-state index contributed by atoms with van der Waals surface area (Å²) in [6.45, 7) is 5.71. The van der Waals surface area contributed by atoms with Gasteiger partial charge in [0.1, 0.15) is 11.6 Å². The van der Waals surface area contributed by atoms with Gasteiger partial charge in [-0.3, -0.25) is 0 Å². The molecular formula is C24H28N6O3S. The predicted octanol–water partition coefficient (Wildman–Crippen LogP) is 4.58. The summed E-state index contributed by atoms with van der Waals surface area (Å²) in [6.07, 6.45) is 4.70. The third-order valence-electron chi connectivity index (χ3n) is 6.39. The van der Waals surface area contributed by atoms with Crippen molar-refractivity contribution in [3.63, 3.8) is 0 Å². The van der Waals surface area contributed by atoms with Crippen LogP contribution in [-0.2, 0) is 10.0 Å². The minimum Gasteiger partial charge on any atom is -0.337 e. The Labute approximate surface area is 198 Å². The molecule has 9 nitrogen and oxygen atoms in total. The number of rotatable bonds is 7. The number of aromatic nitrogens is 5. The van der Waals surface area contributed by atoms with Gasteiger partial charge in [-0.25, -0.2) is 13.1 Å². The first kappa shape index (κ1) is 22.7. The van der Waals surface area contributed by atoms with Gasteiger partial charge in [0, 0.05) is 5.56 Å². The fourth-order valence-corrected chi connectivity index (χ4v) is 5.74. The average molecular weight is 481 g/mol. The molecule has 178 valence electrons. The van der Waals surface area contributed by atoms with Gasteiger partial charge in [-0.2, -0.15) is 9.71 Å². The van der Waals surface area contributed by atoms with E-state index in [0.29, 0.717) is 11.9 Å². The van der Waals surface area contributed by atoms with Crippen molar-refractivity contribution in [2.24, 2.45) is 5.92 Å². The van der Waals surface area contributed by atoms with E-state index in [0.717, 1.165) is 35.0 Å². The molecule has 1 saturated carbocycles. The summed E-state index contributed by atoms with van der Waals surface area (Å²) in [5.74, 6) is 0.491. The molecule has 1 aliphatic carbocycles. The van der Waals surface area contributed by atoms with E-state index in [2.05, 4.69) is 25.2 Å². The number of hydrogen-bond acceptors (Lipinski definition) is 7. The molecule has 1 unspecified atom stereocenters. The molecule has 0 bridgehead atoms. The maximum absolute atomic E-state index is 12.9. The number of sulfonamides is 1. The van der Waals surface area contributed by atoms with Crippen molar-refractivity contribution in [2.45, 2.75) is 63.4 Å². The minimum absolute atomic E-state index is 0.109. The molecule has 0 spiro atoms. The predicted molar refractivity (Wildman–Crippen MR) is 127 cm³/mol. The molecule has 1 atom stereocenters. The second kappa shape index (κ2) is 8.92. The van der Waals surface area contributed by atoms with Gasteiger partial charge in [0.15, 0.2) is 0 Å². The molecular weight excluding hydrogens is 452 g/mol. The van der Waals surface area contributed by atoms with Crippen molar-refractivity contribution in [2.75, 3.05) is 0 Å². The smallest absolute Gasteiger partial charge is 0.245 e. The minimum atomic E-state index is -3.76. The van der Waals surface area contributed by atoms with Crippen molar-refractivity contribution in [1.82, 2.24) is 29.9 Å². The molecule has 0 amide bonds. The largest absolute Gasteiger partial charge is 0.337 e. The molecule has 0 saturated heterocycles. The lowest BCUT2D eigenvalue weighted by Crippen LogP contribution is -2.32. The number of nitrogens with zero attached hydrogens (tertiary/aromatic N) is 5. The number of aryl methyl sites for hydroxylation is 1. The van der Waals surface area contributed by atoms with Gasteiger partial charge in [0.05, 0.1) is 16.5 Å². The van der Waals surface area contributed by atoms with Crippen LogP contribution in [0.5, 0.6) is 0 Å². The van der Waals surface area contributed by atoms with Gasteiger partial charge in [-0.1, -0.05) is 54.8 Å². The van der Waals surface area contributed by atoms with Gasteiger partial charge in [-0.15, -0.1) is 5.10 Å². The summed E-state index contributed by atoms with van der Waals surface area (Å²) in [6, 6.07) is 12.2. The lowest BCUT2D eigenvalue weighted by Gasteiger charge is -2.18. The van der Waals surface area contributed by atoms with Crippen molar-refractivity contribution < 1.29 is 12.9 Å². The highest BCUT2D eigenvalue weighted by Gasteiger charge is 2.29. The standard InChI is InChI=1S/C24H28N6O3S/c1-15(2)22(28-34(31,32)19-11-8-16(3)9-12-19)24-25-23(27-33-24)17-10-13-21-20(14-17)26-29-30(21)18-6-4-5-7-18/h8-15,18,22,28H,4-7H2,1-3H3. The molecule has 10 heteroatoms. The monoisotopic (exact) mass is 480 g/mol. The van der Waals surface area contributed by atoms with Crippen molar-refractivity contribution in [3.05, 3.63) is 53.9 Å². The number of nitrogens with one attached hydrogen (secondary N) is 1. The second-order valence-corrected chi connectivity index (χ2v) is 11.0. The normalized spacial score (nSPS) is 16.0. The first-order chi connectivity index (χ1) is 16.3. The van der Waals surface area contributed by atoms with Crippen LogP contribution in [0.25, 0.3) is 22.4 Å². The summed E-state index contributed by atoms with van der Waals surface area (Å²) in [7, 11) is -3.76. The molecule has 2 aromatic carbocycles. The van der Waals surface area contributed by atoms with Crippen LogP contribution < -0.4 is 4.72 Å². The number of fused-ring (bicyclic) bond motifs is 1. The molecule has 2 heterocycles. The highest BCUT2D eigenvalue weighted by Crippen LogP contribution is 2.32. The summed E-state index contributed by atoms with van der Waals surface area (Å²) < 4.78 is 36.1. The highest BCUT2D eigenvalue weighted by molar-refractivity contribution is 7.89. The Hall–Kier alpha value is -3.11. The van der Waals surface area contributed by atoms with E-state index < -0.39 is 16.1 Å². The van der Waals surface area contributed by atoms with Crippen LogP contribution in [0.3, 0.4) is 0 Å². The van der Waals surface area contributed by atoms with Gasteiger partial charge in [0.2, 0.25) is 21.7 Å². The Morgan fingerprint density at radius 1 is 1.09 bits per heavy atom. The Balaban J connectivity index is 1.41. The van der Waals surface area contributed by atoms with E-state index in [-0.39, 0.29) is 16.7 Å². The summed E-state index contributed by atoms with van der Waals surface area (Å²) in [4.78, 5) is 4.72. The number of hydrogen-bond donors (Lipinski definition) is 1. The Kier molecular flexibility index (Phi) is 5.95. The van der Waals surface area contributed by atoms with Crippen LogP contribution in [0.1, 0.15) is 63.1 Å². The van der Waals surface area contributed by atoms with E-state index in [1.807, 2.05) is 43.7 Å². The van der Waals surface area contributed by atoms with Crippen LogP contribution in [0, 0.1) is 12.8 Å². The zero-order valence-electron chi connectivity index (χ0n) is 19.5. The molecule has 5 rings (SSSR count). The molecule has 1 N–H and O–H groups in total. The topological polar surface area (TPSA) is 116 Å². The lowest BCUT2D eigenvalue weighted by molar-refractivity contribution is 0.311. The molecule has 0 aliphatic heterocycles. The van der Waals surface area contributed by atoms with Crippen molar-refractivity contribution in [3.8, 4) is 11.4 Å². The van der Waals surface area contributed by atoms with Crippen LogP contribution in [0.15, 0.2) is 51.9 Å². The van der Waals surface area contributed by atoms with Crippen LogP contribution >= 0.6 is 0 Å². The summed E-state index contributed by atoms with van der Waals surface area (Å²) in [5, 5.41) is 12.8. The van der Waals surface area contributed by atoms with Gasteiger partial charge in [-0.05, 0) is 56.0 Å². The zero-order chi connectivity index (χ0) is 23.9. The first-order valence-electron chi connectivity index (χ1n) is 11.6. The maximum atomic E-state index is 12.9. The molecule has 0 radical (unpaired) electrons. The first-order valence-corrected chi connectivity index (χ1v) is 13.1. The fraction of sp³-hybridized carbons (Fsp3) is 0.417. The average Bonchev–Trinajstić information content (AvgIpc) is 3.57. The van der Waals surface area contributed by atoms with E-state index in [9.17, 15) is 8.42 Å². The molecule has 1 fully saturated rings. The zero-order valence-corrected chi connectivity index (χ0v) is 20.3. The van der Waals surface area contributed by atoms with Gasteiger partial charge >= 0.3 is 0 Å². The SMILES string of the molecule is Cc1ccc(S(=O)(=O)NC(c2nc(-c3ccc4c(c3)nnn4C3CCCC3)no2)C(C)C)cc1. The van der Waals surface area contributed by atoms with Crippen LogP contribution in [0.4, 0.5) is 0 Å². The van der Waals surface area contributed by atoms with E-state index in [1.165, 1.54) is 12.8 Å². The van der Waals surface area contributed by atoms with E-state index >= 15 is 0 Å². The van der Waals surface area contributed by atoms with Crippen LogP contribution in [0.2, 0.25) is 0 Å².